The molecular weight excluding hydrogens is 504 g/mol. The van der Waals surface area contributed by atoms with Gasteiger partial charge in [-0.3, -0.25) is 14.9 Å². The van der Waals surface area contributed by atoms with Crippen LogP contribution < -0.4 is 10.3 Å². The van der Waals surface area contributed by atoms with Crippen molar-refractivity contribution in [2.45, 2.75) is 6.61 Å². The molecule has 0 spiro atoms. The van der Waals surface area contributed by atoms with Crippen molar-refractivity contribution >= 4 is 33.6 Å². The van der Waals surface area contributed by atoms with Gasteiger partial charge in [0.05, 0.1) is 22.0 Å². The fourth-order valence-corrected chi connectivity index (χ4v) is 4.53. The minimum Gasteiger partial charge on any atom is -0.488 e. The molecule has 0 radical (unpaired) electrons. The van der Waals surface area contributed by atoms with E-state index in [4.69, 9.17) is 9.72 Å². The topological polar surface area (TPSA) is 99.6 Å². The summed E-state index contributed by atoms with van der Waals surface area (Å²) in [5.41, 5.74) is 2.56. The molecule has 0 saturated heterocycles. The molecule has 0 saturated carbocycles. The Kier molecular flexibility index (Phi) is 6.56. The fraction of sp³-hybridized carbons (Fsp3) is 0.0312. The predicted molar refractivity (Wildman–Crippen MR) is 156 cm³/mol. The van der Waals surface area contributed by atoms with Gasteiger partial charge in [0.15, 0.2) is 5.82 Å². The molecule has 8 nitrogen and oxygen atoms in total. The van der Waals surface area contributed by atoms with Crippen molar-refractivity contribution in [3.63, 3.8) is 0 Å². The van der Waals surface area contributed by atoms with Gasteiger partial charge < -0.3 is 4.74 Å². The Morgan fingerprint density at radius 2 is 1.52 bits per heavy atom. The second-order valence-electron chi connectivity index (χ2n) is 9.09. The zero-order chi connectivity index (χ0) is 27.5. The van der Waals surface area contributed by atoms with Crippen molar-refractivity contribution in [2.75, 3.05) is 0 Å². The molecule has 0 aliphatic heterocycles. The van der Waals surface area contributed by atoms with Gasteiger partial charge in [-0.25, -0.2) is 4.98 Å². The van der Waals surface area contributed by atoms with Gasteiger partial charge in [0.1, 0.15) is 12.4 Å². The molecule has 0 bridgehead atoms. The molecule has 40 heavy (non-hydrogen) atoms. The Balaban J connectivity index is 1.45. The minimum atomic E-state index is -0.435. The van der Waals surface area contributed by atoms with E-state index in [0.29, 0.717) is 28.0 Å². The van der Waals surface area contributed by atoms with E-state index in [0.717, 1.165) is 21.9 Å². The lowest BCUT2D eigenvalue weighted by Crippen LogP contribution is -2.20. The fourth-order valence-electron chi connectivity index (χ4n) is 4.53. The van der Waals surface area contributed by atoms with Gasteiger partial charge in [0, 0.05) is 23.3 Å². The number of nitrogens with zero attached hydrogens (tertiary/aromatic N) is 4. The summed E-state index contributed by atoms with van der Waals surface area (Å²) in [5.74, 6) is 0.984. The van der Waals surface area contributed by atoms with E-state index in [1.807, 2.05) is 78.9 Å². The van der Waals surface area contributed by atoms with Crippen molar-refractivity contribution in [1.29, 1.82) is 0 Å². The van der Waals surface area contributed by atoms with Crippen molar-refractivity contribution in [2.24, 2.45) is 5.10 Å². The molecule has 0 unspecified atom stereocenters. The Morgan fingerprint density at radius 1 is 0.825 bits per heavy atom. The first-order chi connectivity index (χ1) is 19.6. The summed E-state index contributed by atoms with van der Waals surface area (Å²) in [7, 11) is 0. The van der Waals surface area contributed by atoms with Gasteiger partial charge in [-0.05, 0) is 46.7 Å². The number of non-ortho nitro benzene ring substituents is 1. The smallest absolute Gasteiger partial charge is 0.282 e. The lowest BCUT2D eigenvalue weighted by Gasteiger charge is -2.13. The Labute approximate surface area is 228 Å². The van der Waals surface area contributed by atoms with Gasteiger partial charge in [-0.2, -0.15) is 9.78 Å². The number of fused-ring (bicyclic) bond motifs is 2. The molecule has 6 aromatic rings. The van der Waals surface area contributed by atoms with Crippen LogP contribution in [0.2, 0.25) is 0 Å². The molecule has 6 rings (SSSR count). The van der Waals surface area contributed by atoms with Gasteiger partial charge >= 0.3 is 0 Å². The molecule has 1 heterocycles. The summed E-state index contributed by atoms with van der Waals surface area (Å²) in [6, 6.07) is 34.5. The van der Waals surface area contributed by atoms with Crippen LogP contribution in [0, 0.1) is 10.1 Å². The SMILES string of the molecule is O=c1c2ccccc2nc(-c2ccccc2)n1N=Cc1c(OCc2ccc([N+](=O)[O-])cc2)ccc2ccccc12. The van der Waals surface area contributed by atoms with E-state index in [2.05, 4.69) is 5.10 Å². The largest absolute Gasteiger partial charge is 0.488 e. The Morgan fingerprint density at radius 3 is 2.30 bits per heavy atom. The highest BCUT2D eigenvalue weighted by atomic mass is 16.6. The monoisotopic (exact) mass is 526 g/mol. The molecule has 0 fully saturated rings. The van der Waals surface area contributed by atoms with Crippen molar-refractivity contribution in [3.05, 3.63) is 147 Å². The van der Waals surface area contributed by atoms with Gasteiger partial charge in [0.2, 0.25) is 0 Å². The summed E-state index contributed by atoms with van der Waals surface area (Å²) in [4.78, 5) is 28.9. The average Bonchev–Trinajstić information content (AvgIpc) is 3.00. The zero-order valence-corrected chi connectivity index (χ0v) is 21.2. The van der Waals surface area contributed by atoms with E-state index in [9.17, 15) is 14.9 Å². The van der Waals surface area contributed by atoms with Crippen LogP contribution >= 0.6 is 0 Å². The summed E-state index contributed by atoms with van der Waals surface area (Å²) in [5, 5.41) is 18.0. The van der Waals surface area contributed by atoms with E-state index >= 15 is 0 Å². The third-order valence-electron chi connectivity index (χ3n) is 6.56. The van der Waals surface area contributed by atoms with Gasteiger partial charge in [0.25, 0.3) is 11.2 Å². The van der Waals surface area contributed by atoms with Crippen LogP contribution in [-0.2, 0) is 6.61 Å². The molecule has 194 valence electrons. The van der Waals surface area contributed by atoms with E-state index < -0.39 is 4.92 Å². The van der Waals surface area contributed by atoms with E-state index in [-0.39, 0.29) is 17.9 Å². The van der Waals surface area contributed by atoms with E-state index in [1.54, 1.807) is 30.5 Å². The number of aromatic nitrogens is 2. The van der Waals surface area contributed by atoms with Gasteiger partial charge in [-0.1, -0.05) is 72.8 Å². The summed E-state index contributed by atoms with van der Waals surface area (Å²) < 4.78 is 7.49. The standard InChI is InChI=1S/C32H22N4O4/c37-32-27-12-6-7-13-29(27)34-31(24-9-2-1-3-10-24)35(32)33-20-28-26-11-5-4-8-23(26)16-19-30(28)40-21-22-14-17-25(18-15-22)36(38)39/h1-20H,21H2. The first-order valence-electron chi connectivity index (χ1n) is 12.6. The highest BCUT2D eigenvalue weighted by Crippen LogP contribution is 2.28. The number of nitro benzene ring substituents is 1. The predicted octanol–water partition coefficient (Wildman–Crippen LogP) is 6.59. The van der Waals surface area contributed by atoms with Crippen molar-refractivity contribution < 1.29 is 9.66 Å². The highest BCUT2D eigenvalue weighted by Gasteiger charge is 2.14. The number of rotatable bonds is 7. The quantitative estimate of drug-likeness (QED) is 0.133. The Hall–Kier alpha value is -5.63. The summed E-state index contributed by atoms with van der Waals surface area (Å²) in [6.07, 6.45) is 1.62. The van der Waals surface area contributed by atoms with Crippen LogP contribution in [-0.4, -0.2) is 20.8 Å². The maximum absolute atomic E-state index is 13.6. The summed E-state index contributed by atoms with van der Waals surface area (Å²) >= 11 is 0. The van der Waals surface area contributed by atoms with Crippen molar-refractivity contribution in [1.82, 2.24) is 9.66 Å². The molecule has 0 amide bonds. The number of para-hydroxylation sites is 1. The lowest BCUT2D eigenvalue weighted by atomic mass is 10.0. The van der Waals surface area contributed by atoms with Crippen LogP contribution in [0.1, 0.15) is 11.1 Å². The molecular formula is C32H22N4O4. The number of hydrogen-bond acceptors (Lipinski definition) is 6. The van der Waals surface area contributed by atoms with Crippen LogP contribution in [0.25, 0.3) is 33.1 Å². The van der Waals surface area contributed by atoms with E-state index in [1.165, 1.54) is 16.8 Å². The van der Waals surface area contributed by atoms with Crippen LogP contribution in [0.3, 0.4) is 0 Å². The summed E-state index contributed by atoms with van der Waals surface area (Å²) in [6.45, 7) is 0.198. The lowest BCUT2D eigenvalue weighted by molar-refractivity contribution is -0.384. The first kappa shape index (κ1) is 24.7. The van der Waals surface area contributed by atoms with Gasteiger partial charge in [-0.15, -0.1) is 0 Å². The number of nitro groups is 1. The second-order valence-corrected chi connectivity index (χ2v) is 9.09. The molecule has 0 aliphatic carbocycles. The van der Waals surface area contributed by atoms with Crippen LogP contribution in [0.4, 0.5) is 5.69 Å². The molecule has 8 heteroatoms. The zero-order valence-electron chi connectivity index (χ0n) is 21.2. The average molecular weight is 527 g/mol. The van der Waals surface area contributed by atoms with Crippen LogP contribution in [0.5, 0.6) is 5.75 Å². The molecule has 0 atom stereocenters. The number of ether oxygens (including phenoxy) is 1. The second kappa shape index (κ2) is 10.6. The highest BCUT2D eigenvalue weighted by molar-refractivity contribution is 6.02. The number of hydrogen-bond donors (Lipinski definition) is 0. The normalized spacial score (nSPS) is 11.3. The van der Waals surface area contributed by atoms with Crippen molar-refractivity contribution in [3.8, 4) is 17.1 Å². The molecule has 0 aliphatic rings. The number of benzene rings is 5. The molecule has 1 aromatic heterocycles. The maximum Gasteiger partial charge on any atom is 0.282 e. The van der Waals surface area contributed by atoms with Crippen LogP contribution in [0.15, 0.2) is 125 Å². The Bertz CT molecular complexity index is 1950. The minimum absolute atomic E-state index is 0.0194. The molecule has 5 aromatic carbocycles. The third-order valence-corrected chi connectivity index (χ3v) is 6.56. The maximum atomic E-state index is 13.6. The third kappa shape index (κ3) is 4.81. The first-order valence-corrected chi connectivity index (χ1v) is 12.6. The molecule has 0 N–H and O–H groups in total.